The van der Waals surface area contributed by atoms with Gasteiger partial charge in [-0.05, 0) is 48.5 Å². The Morgan fingerprint density at radius 1 is 0.426 bits per heavy atom. The summed E-state index contributed by atoms with van der Waals surface area (Å²) in [5.41, 5.74) is -3.60. The zero-order valence-corrected chi connectivity index (χ0v) is 23.0. The quantitative estimate of drug-likeness (QED) is 0.118. The van der Waals surface area contributed by atoms with E-state index in [4.69, 9.17) is 13.9 Å². The summed E-state index contributed by atoms with van der Waals surface area (Å²) in [6, 6.07) is 13.8. The van der Waals surface area contributed by atoms with Crippen LogP contribution in [0.15, 0.2) is 73.1 Å². The van der Waals surface area contributed by atoms with Gasteiger partial charge in [-0.3, -0.25) is 0 Å². The van der Waals surface area contributed by atoms with Crippen LogP contribution in [0.4, 0.5) is 43.9 Å². The molecule has 0 saturated heterocycles. The topological polar surface area (TPSA) is 35.5 Å². The van der Waals surface area contributed by atoms with Gasteiger partial charge in [0.05, 0.1) is 0 Å². The molecule has 0 amide bonds. The van der Waals surface area contributed by atoms with E-state index in [1.165, 1.54) is 60.7 Å². The highest BCUT2D eigenvalue weighted by Crippen LogP contribution is 2.37. The predicted octanol–water partition coefficient (Wildman–Crippen LogP) is 4.85. The maximum absolute atomic E-state index is 15.9. The van der Waals surface area contributed by atoms with E-state index in [1.54, 1.807) is 0 Å². The van der Waals surface area contributed by atoms with E-state index >= 15 is 17.6 Å². The highest BCUT2D eigenvalue weighted by Gasteiger charge is 2.65. The summed E-state index contributed by atoms with van der Waals surface area (Å²) in [7, 11) is 0. The highest BCUT2D eigenvalue weighted by molar-refractivity contribution is 6.88. The number of benzene rings is 4. The summed E-state index contributed by atoms with van der Waals surface area (Å²) in [5.74, 6) is -25.2. The molecule has 8 rings (SSSR count). The zero-order chi connectivity index (χ0) is 33.2. The molecule has 0 unspecified atom stereocenters. The van der Waals surface area contributed by atoms with Crippen LogP contribution in [0, 0.1) is 58.2 Å². The fourth-order valence-corrected chi connectivity index (χ4v) is 6.60. The lowest BCUT2D eigenvalue weighted by Gasteiger charge is -2.43. The van der Waals surface area contributed by atoms with Crippen LogP contribution in [0.1, 0.15) is 0 Å². The Morgan fingerprint density at radius 3 is 1.11 bits per heavy atom. The number of aromatic nitrogens is 2. The van der Waals surface area contributed by atoms with Crippen molar-refractivity contribution in [2.75, 3.05) is 0 Å². The molecule has 0 bridgehead atoms. The van der Waals surface area contributed by atoms with Crippen LogP contribution in [-0.2, 0) is 4.57 Å². The molecule has 5 nitrogen and oxygen atoms in total. The first kappa shape index (κ1) is 29.1. The number of para-hydroxylation sites is 2. The van der Waals surface area contributed by atoms with Gasteiger partial charge >= 0.3 is 13.4 Å². The minimum Gasteiger partial charge on any atom is -0.627 e. The van der Waals surface area contributed by atoms with Gasteiger partial charge in [-0.2, -0.15) is 0 Å². The van der Waals surface area contributed by atoms with Gasteiger partial charge in [0.25, 0.3) is 0 Å². The second kappa shape index (κ2) is 9.61. The Morgan fingerprint density at radius 2 is 0.745 bits per heavy atom. The van der Waals surface area contributed by atoms with Crippen LogP contribution in [0.5, 0.6) is 11.5 Å². The Balaban J connectivity index is 1.55. The highest BCUT2D eigenvalue weighted by atomic mass is 19.2. The molecule has 0 spiro atoms. The van der Waals surface area contributed by atoms with Crippen molar-refractivity contribution >= 4 is 46.1 Å². The summed E-state index contributed by atoms with van der Waals surface area (Å²) in [6.45, 7) is -8.95. The molecular formula is C30H12B2F10N2O3. The maximum Gasteiger partial charge on any atom is 0.602 e. The van der Waals surface area contributed by atoms with Gasteiger partial charge < -0.3 is 22.8 Å². The third-order valence-corrected chi connectivity index (χ3v) is 8.51. The number of hydrogen-bond donors (Lipinski definition) is 0. The lowest BCUT2D eigenvalue weighted by molar-refractivity contribution is -0.553. The van der Waals surface area contributed by atoms with Crippen LogP contribution in [0.2, 0.25) is 0 Å². The van der Waals surface area contributed by atoms with Crippen LogP contribution >= 0.6 is 0 Å². The van der Waals surface area contributed by atoms with Crippen molar-refractivity contribution in [2.24, 2.45) is 0 Å². The monoisotopic (exact) mass is 660 g/mol. The average Bonchev–Trinajstić information content (AvgIpc) is 3.56. The second-order valence-corrected chi connectivity index (χ2v) is 10.9. The Bertz CT molecular complexity index is 2170. The van der Waals surface area contributed by atoms with Gasteiger partial charge in [-0.25, -0.2) is 43.9 Å². The first-order valence-corrected chi connectivity index (χ1v) is 13.7. The standard InChI is InChI=1S/C30H12B2F10N2O3/c33-19-17(20(34)24(38)27(41)23(19)37)31(43-11-3-7-13-5-1-9-15(45-31)29(13)43)47-32(18-21(35)25(39)28(42)26(40)22(18)36)44-12-4-8-14-6-2-10-16(46-32)30(14)44/h1-12H/t31-,32-/m0/s1. The normalized spacial score (nSPS) is 19.4. The van der Waals surface area contributed by atoms with E-state index in [2.05, 4.69) is 0 Å². The molecule has 47 heavy (non-hydrogen) atoms. The molecule has 4 heterocycles. The SMILES string of the molecule is Fc1c(F)c(F)c([B@@-]2(O[B@-]3(c4c(F)c(F)c(F)c(F)c4F)Oc4cccc5ccc[n+]3c45)Oc3cccc4ccc[n+]2c34)c(F)c1F. The summed E-state index contributed by atoms with van der Waals surface area (Å²) in [4.78, 5) is 0. The zero-order valence-electron chi connectivity index (χ0n) is 23.0. The Labute approximate surface area is 255 Å². The van der Waals surface area contributed by atoms with Crippen molar-refractivity contribution in [1.82, 2.24) is 0 Å². The molecule has 17 heteroatoms. The minimum absolute atomic E-state index is 0.0407. The molecule has 2 aromatic heterocycles. The second-order valence-electron chi connectivity index (χ2n) is 10.9. The molecule has 2 aliphatic heterocycles. The fraction of sp³-hybridized carbons (Fsp3) is 0. The number of halogens is 10. The molecule has 0 N–H and O–H groups in total. The van der Waals surface area contributed by atoms with E-state index in [-0.39, 0.29) is 33.3 Å². The van der Waals surface area contributed by atoms with Crippen molar-refractivity contribution in [3.05, 3.63) is 131 Å². The third-order valence-electron chi connectivity index (χ3n) is 8.51. The van der Waals surface area contributed by atoms with Gasteiger partial charge in [-0.1, -0.05) is 12.1 Å². The van der Waals surface area contributed by atoms with E-state index < -0.39 is 82.5 Å². The first-order valence-electron chi connectivity index (χ1n) is 13.7. The summed E-state index contributed by atoms with van der Waals surface area (Å²) < 4.78 is 172. The molecule has 0 aliphatic carbocycles. The molecule has 2 atom stereocenters. The van der Waals surface area contributed by atoms with E-state index in [0.717, 1.165) is 21.3 Å². The van der Waals surface area contributed by atoms with Crippen molar-refractivity contribution in [3.63, 3.8) is 0 Å². The van der Waals surface area contributed by atoms with Gasteiger partial charge in [0, 0.05) is 21.7 Å². The lowest BCUT2D eigenvalue weighted by Crippen LogP contribution is -2.87. The number of pyridine rings is 2. The van der Waals surface area contributed by atoms with Gasteiger partial charge in [0.1, 0.15) is 47.2 Å². The Kier molecular flexibility index (Phi) is 5.95. The van der Waals surface area contributed by atoms with Gasteiger partial charge in [0.15, 0.2) is 34.9 Å². The molecule has 0 saturated carbocycles. The molecule has 2 aliphatic rings. The minimum atomic E-state index is -4.48. The molecule has 6 aromatic rings. The van der Waals surface area contributed by atoms with Gasteiger partial charge in [-0.15, -0.1) is 0 Å². The molecule has 0 radical (unpaired) electrons. The molecule has 236 valence electrons. The van der Waals surface area contributed by atoms with Crippen molar-refractivity contribution in [2.45, 2.75) is 0 Å². The maximum atomic E-state index is 15.9. The lowest BCUT2D eigenvalue weighted by atomic mass is 9.53. The van der Waals surface area contributed by atoms with E-state index in [9.17, 15) is 26.3 Å². The van der Waals surface area contributed by atoms with Crippen LogP contribution in [0.3, 0.4) is 0 Å². The van der Waals surface area contributed by atoms with E-state index in [1.807, 2.05) is 0 Å². The summed E-state index contributed by atoms with van der Waals surface area (Å²) in [6.07, 6.45) is 2.12. The molecular weight excluding hydrogens is 648 g/mol. The largest absolute Gasteiger partial charge is 0.627 e. The summed E-state index contributed by atoms with van der Waals surface area (Å²) in [5, 5.41) is 0.564. The number of rotatable bonds is 4. The first-order chi connectivity index (χ1) is 22.4. The van der Waals surface area contributed by atoms with Crippen LogP contribution < -0.4 is 29.2 Å². The van der Waals surface area contributed by atoms with Crippen molar-refractivity contribution in [1.29, 1.82) is 0 Å². The smallest absolute Gasteiger partial charge is 0.602 e. The summed E-state index contributed by atoms with van der Waals surface area (Å²) >= 11 is 0. The number of hydrogen-bond acceptors (Lipinski definition) is 3. The van der Waals surface area contributed by atoms with Gasteiger partial charge in [0.2, 0.25) is 11.0 Å². The predicted molar refractivity (Wildman–Crippen MR) is 145 cm³/mol. The third kappa shape index (κ3) is 3.57. The van der Waals surface area contributed by atoms with Crippen LogP contribution in [0.25, 0.3) is 21.8 Å². The molecule has 0 fully saturated rings. The molecule has 4 aromatic carbocycles. The fourth-order valence-electron chi connectivity index (χ4n) is 6.60. The van der Waals surface area contributed by atoms with Crippen LogP contribution in [-0.4, -0.2) is 13.4 Å². The average molecular weight is 660 g/mol. The number of nitrogens with zero attached hydrogens (tertiary/aromatic N) is 2. The van der Waals surface area contributed by atoms with E-state index in [0.29, 0.717) is 0 Å². The Hall–Kier alpha value is -5.31. The van der Waals surface area contributed by atoms with Crippen molar-refractivity contribution in [3.8, 4) is 11.5 Å². The van der Waals surface area contributed by atoms with Crippen molar-refractivity contribution < 1.29 is 66.7 Å².